The minimum absolute atomic E-state index is 0.641. The zero-order valence-electron chi connectivity index (χ0n) is 18.9. The number of rotatable bonds is 22. The molecule has 0 aliphatic carbocycles. The maximum atomic E-state index is 9.95. The maximum absolute atomic E-state index is 9.95. The van der Waals surface area contributed by atoms with Crippen LogP contribution in [0.15, 0.2) is 0 Å². The Morgan fingerprint density at radius 2 is 0.630 bits per heavy atom. The molecule has 0 saturated heterocycles. The van der Waals surface area contributed by atoms with Crippen molar-refractivity contribution in [2.75, 3.05) is 12.3 Å². The lowest BCUT2D eigenvalue weighted by molar-refractivity contribution is 0.441. The van der Waals surface area contributed by atoms with Gasteiger partial charge >= 0.3 is 0 Å². The third kappa shape index (κ3) is 22.5. The minimum Gasteiger partial charge on any atom is -0.220 e. The molecule has 164 valence electrons. The van der Waals surface area contributed by atoms with E-state index in [2.05, 4.69) is 13.8 Å². The molecule has 0 atom stereocenters. The fraction of sp³-hybridized carbons (Fsp3) is 1.00. The molecule has 2 N–H and O–H groups in total. The van der Waals surface area contributed by atoms with Crippen molar-refractivity contribution < 1.29 is 9.79 Å². The van der Waals surface area contributed by atoms with Crippen LogP contribution in [0.5, 0.6) is 0 Å². The van der Waals surface area contributed by atoms with Crippen LogP contribution in [0.3, 0.4) is 0 Å². The van der Waals surface area contributed by atoms with Gasteiger partial charge in [-0.2, -0.15) is 0 Å². The van der Waals surface area contributed by atoms with Crippen LogP contribution in [-0.4, -0.2) is 22.1 Å². The second-order valence-electron chi connectivity index (χ2n) is 8.69. The Labute approximate surface area is 172 Å². The van der Waals surface area contributed by atoms with Crippen LogP contribution in [0.4, 0.5) is 0 Å². The lowest BCUT2D eigenvalue weighted by Crippen LogP contribution is -2.02. The van der Waals surface area contributed by atoms with E-state index >= 15 is 0 Å². The van der Waals surface area contributed by atoms with Gasteiger partial charge in [0.2, 0.25) is 0 Å². The van der Waals surface area contributed by atoms with Gasteiger partial charge < -0.3 is 0 Å². The van der Waals surface area contributed by atoms with Gasteiger partial charge in [-0.1, -0.05) is 123 Å². The Morgan fingerprint density at radius 3 is 0.963 bits per heavy atom. The summed E-state index contributed by atoms with van der Waals surface area (Å²) >= 11 is 0. The van der Waals surface area contributed by atoms with E-state index in [-0.39, 0.29) is 0 Å². The van der Waals surface area contributed by atoms with Crippen LogP contribution in [0.2, 0.25) is 0 Å². The predicted molar refractivity (Wildman–Crippen MR) is 125 cm³/mol. The Morgan fingerprint density at radius 1 is 0.370 bits per heavy atom. The summed E-state index contributed by atoms with van der Waals surface area (Å²) in [5, 5.41) is 0. The molecule has 0 amide bonds. The lowest BCUT2D eigenvalue weighted by Gasteiger charge is -2.11. The first-order chi connectivity index (χ1) is 13.1. The Bertz CT molecular complexity index is 282. The molecule has 0 rings (SSSR count). The van der Waals surface area contributed by atoms with Gasteiger partial charge in [-0.05, 0) is 19.3 Å². The van der Waals surface area contributed by atoms with Gasteiger partial charge in [0, 0.05) is 0 Å². The summed E-state index contributed by atoms with van der Waals surface area (Å²) < 4.78 is 0. The third-order valence-electron chi connectivity index (χ3n) is 5.74. The molecule has 3 heteroatoms. The molecule has 0 aliphatic rings. The second-order valence-corrected chi connectivity index (χ2v) is 11.3. The monoisotopic (exact) mass is 403 g/mol. The van der Waals surface area contributed by atoms with E-state index in [1.165, 1.54) is 109 Å². The average molecular weight is 404 g/mol. The molecular formula is C24H52O2P+. The second kappa shape index (κ2) is 21.1. The number of hydrogen-bond acceptors (Lipinski definition) is 2. The van der Waals surface area contributed by atoms with Crippen molar-refractivity contribution in [3.63, 3.8) is 0 Å². The first-order valence-electron chi connectivity index (χ1n) is 12.4. The van der Waals surface area contributed by atoms with Crippen LogP contribution >= 0.6 is 7.72 Å². The topological polar surface area (TPSA) is 40.5 Å². The molecular weight excluding hydrogens is 351 g/mol. The molecule has 0 unspecified atom stereocenters. The highest BCUT2D eigenvalue weighted by Gasteiger charge is 2.30. The summed E-state index contributed by atoms with van der Waals surface area (Å²) in [5.74, 6) is 0. The summed E-state index contributed by atoms with van der Waals surface area (Å²) in [4.78, 5) is 19.9. The van der Waals surface area contributed by atoms with Gasteiger partial charge in [0.05, 0.1) is 0 Å². The van der Waals surface area contributed by atoms with Crippen molar-refractivity contribution in [3.8, 4) is 0 Å². The van der Waals surface area contributed by atoms with Gasteiger partial charge in [0.1, 0.15) is 12.3 Å². The summed E-state index contributed by atoms with van der Waals surface area (Å²) in [7, 11) is -2.55. The lowest BCUT2D eigenvalue weighted by atomic mass is 10.0. The third-order valence-corrected chi connectivity index (χ3v) is 7.80. The number of hydrogen-bond donors (Lipinski definition) is 2. The van der Waals surface area contributed by atoms with E-state index < -0.39 is 7.72 Å². The molecule has 0 aromatic heterocycles. The van der Waals surface area contributed by atoms with Crippen LogP contribution in [0.25, 0.3) is 0 Å². The zero-order chi connectivity index (χ0) is 20.1. The van der Waals surface area contributed by atoms with Crippen molar-refractivity contribution in [2.24, 2.45) is 0 Å². The molecule has 0 radical (unpaired) electrons. The molecule has 0 heterocycles. The van der Waals surface area contributed by atoms with Crippen molar-refractivity contribution in [1.29, 1.82) is 0 Å². The molecule has 0 saturated carbocycles. The van der Waals surface area contributed by atoms with Crippen LogP contribution in [-0.2, 0) is 0 Å². The summed E-state index contributed by atoms with van der Waals surface area (Å²) in [5.41, 5.74) is 0. The highest BCUT2D eigenvalue weighted by atomic mass is 31.2. The number of unbranched alkanes of at least 4 members (excludes halogenated alkanes) is 18. The fourth-order valence-electron chi connectivity index (χ4n) is 3.79. The van der Waals surface area contributed by atoms with E-state index in [0.717, 1.165) is 19.3 Å². The largest absolute Gasteiger partial charge is 0.267 e. The fourth-order valence-corrected chi connectivity index (χ4v) is 5.57. The predicted octanol–water partition coefficient (Wildman–Crippen LogP) is 8.66. The molecule has 0 aromatic rings. The van der Waals surface area contributed by atoms with E-state index in [4.69, 9.17) is 0 Å². The highest BCUT2D eigenvalue weighted by molar-refractivity contribution is 7.64. The first kappa shape index (κ1) is 27.4. The summed E-state index contributed by atoms with van der Waals surface area (Å²) in [6.07, 6.45) is 28.1. The van der Waals surface area contributed by atoms with E-state index in [0.29, 0.717) is 12.3 Å². The quantitative estimate of drug-likeness (QED) is 0.140. The Kier molecular flexibility index (Phi) is 21.3. The van der Waals surface area contributed by atoms with E-state index in [9.17, 15) is 9.79 Å². The van der Waals surface area contributed by atoms with Gasteiger partial charge in [0.15, 0.2) is 0 Å². The van der Waals surface area contributed by atoms with Crippen molar-refractivity contribution in [3.05, 3.63) is 0 Å². The first-order valence-corrected chi connectivity index (χ1v) is 14.5. The maximum Gasteiger partial charge on any atom is 0.267 e. The zero-order valence-corrected chi connectivity index (χ0v) is 19.8. The average Bonchev–Trinajstić information content (AvgIpc) is 2.65. The van der Waals surface area contributed by atoms with Crippen LogP contribution in [0.1, 0.15) is 142 Å². The van der Waals surface area contributed by atoms with Crippen molar-refractivity contribution in [1.82, 2.24) is 0 Å². The van der Waals surface area contributed by atoms with E-state index in [1.54, 1.807) is 0 Å². The van der Waals surface area contributed by atoms with Crippen LogP contribution < -0.4 is 0 Å². The summed E-state index contributed by atoms with van der Waals surface area (Å²) in [6.45, 7) is 4.39. The molecule has 0 aromatic carbocycles. The normalized spacial score (nSPS) is 12.0. The molecule has 0 fully saturated rings. The van der Waals surface area contributed by atoms with Crippen molar-refractivity contribution in [2.45, 2.75) is 142 Å². The minimum atomic E-state index is -2.55. The van der Waals surface area contributed by atoms with Crippen LogP contribution in [0, 0.1) is 0 Å². The molecule has 0 spiro atoms. The molecule has 2 nitrogen and oxygen atoms in total. The Balaban J connectivity index is 3.13. The van der Waals surface area contributed by atoms with Gasteiger partial charge in [0.25, 0.3) is 7.72 Å². The smallest absolute Gasteiger partial charge is 0.220 e. The molecule has 0 aliphatic heterocycles. The van der Waals surface area contributed by atoms with Gasteiger partial charge in [-0.15, -0.1) is 0 Å². The van der Waals surface area contributed by atoms with Gasteiger partial charge in [-0.25, -0.2) is 9.79 Å². The van der Waals surface area contributed by atoms with Gasteiger partial charge in [-0.3, -0.25) is 0 Å². The van der Waals surface area contributed by atoms with Crippen molar-refractivity contribution >= 4 is 7.72 Å². The summed E-state index contributed by atoms with van der Waals surface area (Å²) in [6, 6.07) is 0. The Hall–Kier alpha value is 0.350. The molecule has 27 heavy (non-hydrogen) atoms. The molecule has 0 bridgehead atoms. The SMILES string of the molecule is CCCCCCCCCCCCCCCCCCCC[P+](O)(O)CCCC. The highest BCUT2D eigenvalue weighted by Crippen LogP contribution is 2.51. The van der Waals surface area contributed by atoms with E-state index in [1.807, 2.05) is 0 Å². The standard InChI is InChI=1S/C24H52O2P/c1-3-5-7-8-9-10-11-12-13-14-15-16-17-18-19-20-21-22-24-27(25,26)23-6-4-2/h25-26H,3-24H2,1-2H3/q+1.